The number of carbonyl (C=O) groups excluding carboxylic acids is 1. The maximum absolute atomic E-state index is 12.9. The van der Waals surface area contributed by atoms with Gasteiger partial charge in [0, 0.05) is 44.5 Å². The summed E-state index contributed by atoms with van der Waals surface area (Å²) in [6.07, 6.45) is 4.89. The molecule has 1 unspecified atom stereocenters. The molecular formula is C19H25N3O3. The highest BCUT2D eigenvalue weighted by molar-refractivity contribution is 5.82. The average molecular weight is 343 g/mol. The van der Waals surface area contributed by atoms with E-state index in [2.05, 4.69) is 26.9 Å². The summed E-state index contributed by atoms with van der Waals surface area (Å²) in [4.78, 5) is 21.6. The Morgan fingerprint density at radius 1 is 1.20 bits per heavy atom. The third-order valence-corrected chi connectivity index (χ3v) is 6.38. The van der Waals surface area contributed by atoms with E-state index in [1.807, 2.05) is 12.4 Å². The van der Waals surface area contributed by atoms with Crippen molar-refractivity contribution in [1.82, 2.24) is 14.8 Å². The average Bonchev–Trinajstić information content (AvgIpc) is 3.13. The number of aromatic nitrogens is 1. The third kappa shape index (κ3) is 2.86. The van der Waals surface area contributed by atoms with Crippen molar-refractivity contribution in [3.63, 3.8) is 0 Å². The molecule has 1 saturated carbocycles. The molecule has 1 aromatic heterocycles. The number of piperidine rings is 1. The summed E-state index contributed by atoms with van der Waals surface area (Å²) in [6.45, 7) is 5.79. The zero-order valence-electron chi connectivity index (χ0n) is 14.4. The molecule has 0 N–H and O–H groups in total. The number of likely N-dealkylation sites (tertiary alicyclic amines) is 1. The monoisotopic (exact) mass is 343 g/mol. The first-order valence-electron chi connectivity index (χ1n) is 9.42. The minimum absolute atomic E-state index is 0.225. The van der Waals surface area contributed by atoms with Gasteiger partial charge in [-0.1, -0.05) is 0 Å². The fourth-order valence-electron chi connectivity index (χ4n) is 4.88. The van der Waals surface area contributed by atoms with Crippen molar-refractivity contribution in [2.24, 2.45) is 17.8 Å². The summed E-state index contributed by atoms with van der Waals surface area (Å²) in [5.74, 6) is 1.55. The molecule has 1 aromatic rings. The maximum atomic E-state index is 12.9. The van der Waals surface area contributed by atoms with Crippen LogP contribution >= 0.6 is 0 Å². The molecule has 5 atom stereocenters. The first-order valence-corrected chi connectivity index (χ1v) is 9.42. The molecule has 1 aliphatic carbocycles. The lowest BCUT2D eigenvalue weighted by atomic mass is 9.97. The SMILES string of the molecule is O=C(C1[C@H]2COC[C@@H]12)N1CC[C@@H]2OCCN(Cc3ccncc3)[C@H]2C1. The molecule has 6 nitrogen and oxygen atoms in total. The Hall–Kier alpha value is -1.50. The molecule has 25 heavy (non-hydrogen) atoms. The topological polar surface area (TPSA) is 54.9 Å². The fraction of sp³-hybridized carbons (Fsp3) is 0.684. The molecule has 0 radical (unpaired) electrons. The van der Waals surface area contributed by atoms with Crippen LogP contribution in [-0.2, 0) is 20.8 Å². The molecule has 3 saturated heterocycles. The normalized spacial score (nSPS) is 37.4. The van der Waals surface area contributed by atoms with Crippen LogP contribution in [0.1, 0.15) is 12.0 Å². The van der Waals surface area contributed by atoms with Crippen LogP contribution in [0.4, 0.5) is 0 Å². The second-order valence-electron chi connectivity index (χ2n) is 7.77. The number of morpholine rings is 1. The summed E-state index contributed by atoms with van der Waals surface area (Å²) < 4.78 is 11.5. The number of pyridine rings is 1. The highest BCUT2D eigenvalue weighted by atomic mass is 16.5. The minimum atomic E-state index is 0.225. The Morgan fingerprint density at radius 3 is 2.80 bits per heavy atom. The Morgan fingerprint density at radius 2 is 2.00 bits per heavy atom. The van der Waals surface area contributed by atoms with Gasteiger partial charge in [-0.05, 0) is 36.0 Å². The van der Waals surface area contributed by atoms with Crippen molar-refractivity contribution in [2.75, 3.05) is 39.5 Å². The Kier molecular flexibility index (Phi) is 3.99. The molecule has 1 amide bonds. The molecule has 4 heterocycles. The maximum Gasteiger partial charge on any atom is 0.226 e. The second-order valence-corrected chi connectivity index (χ2v) is 7.77. The van der Waals surface area contributed by atoms with Gasteiger partial charge in [0.25, 0.3) is 0 Å². The van der Waals surface area contributed by atoms with Crippen molar-refractivity contribution in [3.8, 4) is 0 Å². The van der Waals surface area contributed by atoms with Gasteiger partial charge in [0.1, 0.15) is 0 Å². The van der Waals surface area contributed by atoms with Crippen LogP contribution in [0, 0.1) is 17.8 Å². The predicted molar refractivity (Wildman–Crippen MR) is 90.7 cm³/mol. The lowest BCUT2D eigenvalue weighted by Crippen LogP contribution is -2.60. The number of carbonyl (C=O) groups is 1. The van der Waals surface area contributed by atoms with Crippen molar-refractivity contribution < 1.29 is 14.3 Å². The molecule has 4 fully saturated rings. The van der Waals surface area contributed by atoms with Crippen LogP contribution in [0.15, 0.2) is 24.5 Å². The Bertz CT molecular complexity index is 630. The van der Waals surface area contributed by atoms with E-state index in [0.29, 0.717) is 23.8 Å². The summed E-state index contributed by atoms with van der Waals surface area (Å²) in [6, 6.07) is 4.44. The van der Waals surface area contributed by atoms with Gasteiger partial charge in [-0.2, -0.15) is 0 Å². The smallest absolute Gasteiger partial charge is 0.226 e. The highest BCUT2D eigenvalue weighted by Crippen LogP contribution is 2.51. The number of hydrogen-bond acceptors (Lipinski definition) is 5. The van der Waals surface area contributed by atoms with Crippen molar-refractivity contribution >= 4 is 5.91 Å². The highest BCUT2D eigenvalue weighted by Gasteiger charge is 2.59. The van der Waals surface area contributed by atoms with Crippen LogP contribution in [0.5, 0.6) is 0 Å². The second kappa shape index (κ2) is 6.34. The molecule has 5 rings (SSSR count). The van der Waals surface area contributed by atoms with E-state index in [4.69, 9.17) is 9.47 Å². The molecule has 0 aromatic carbocycles. The van der Waals surface area contributed by atoms with E-state index in [9.17, 15) is 4.79 Å². The molecule has 4 aliphatic rings. The lowest BCUT2D eigenvalue weighted by molar-refractivity contribution is -0.146. The number of nitrogens with zero attached hydrogens (tertiary/aromatic N) is 3. The van der Waals surface area contributed by atoms with E-state index in [1.165, 1.54) is 5.56 Å². The number of hydrogen-bond donors (Lipinski definition) is 0. The van der Waals surface area contributed by atoms with E-state index in [0.717, 1.165) is 52.4 Å². The summed E-state index contributed by atoms with van der Waals surface area (Å²) in [7, 11) is 0. The number of fused-ring (bicyclic) bond motifs is 2. The molecule has 6 heteroatoms. The van der Waals surface area contributed by atoms with Crippen molar-refractivity contribution in [3.05, 3.63) is 30.1 Å². The first kappa shape index (κ1) is 15.7. The molecule has 0 spiro atoms. The Labute approximate surface area is 148 Å². The molecule has 0 bridgehead atoms. The van der Waals surface area contributed by atoms with Gasteiger partial charge in [0.05, 0.1) is 32.0 Å². The van der Waals surface area contributed by atoms with E-state index in [-0.39, 0.29) is 12.0 Å². The number of rotatable bonds is 3. The molecule has 134 valence electrons. The van der Waals surface area contributed by atoms with E-state index < -0.39 is 0 Å². The van der Waals surface area contributed by atoms with Gasteiger partial charge in [0.15, 0.2) is 0 Å². The van der Waals surface area contributed by atoms with E-state index in [1.54, 1.807) is 0 Å². The summed E-state index contributed by atoms with van der Waals surface area (Å²) in [5, 5.41) is 0. The van der Waals surface area contributed by atoms with Crippen molar-refractivity contribution in [1.29, 1.82) is 0 Å². The summed E-state index contributed by atoms with van der Waals surface area (Å²) >= 11 is 0. The first-order chi connectivity index (χ1) is 12.3. The van der Waals surface area contributed by atoms with Crippen LogP contribution in [0.25, 0.3) is 0 Å². The van der Waals surface area contributed by atoms with Gasteiger partial charge < -0.3 is 14.4 Å². The zero-order valence-corrected chi connectivity index (χ0v) is 14.4. The van der Waals surface area contributed by atoms with Gasteiger partial charge in [0.2, 0.25) is 5.91 Å². The number of amides is 1. The standard InChI is InChI=1S/C19H25N3O3/c23-19(18-14-11-24-12-15(14)18)22-6-3-17-16(10-22)21(7-8-25-17)9-13-1-4-20-5-2-13/h1-2,4-5,14-18H,3,6-12H2/t14-,15+,16-,17-,18?/m0/s1. The van der Waals surface area contributed by atoms with Crippen LogP contribution in [0.3, 0.4) is 0 Å². The van der Waals surface area contributed by atoms with Gasteiger partial charge in [-0.3, -0.25) is 14.7 Å². The molecular weight excluding hydrogens is 318 g/mol. The fourth-order valence-corrected chi connectivity index (χ4v) is 4.88. The van der Waals surface area contributed by atoms with Crippen LogP contribution in [-0.4, -0.2) is 72.3 Å². The lowest BCUT2D eigenvalue weighted by Gasteiger charge is -2.47. The van der Waals surface area contributed by atoms with Gasteiger partial charge in [-0.15, -0.1) is 0 Å². The van der Waals surface area contributed by atoms with Crippen LogP contribution in [0.2, 0.25) is 0 Å². The van der Waals surface area contributed by atoms with Crippen LogP contribution < -0.4 is 0 Å². The zero-order chi connectivity index (χ0) is 16.8. The van der Waals surface area contributed by atoms with Crippen molar-refractivity contribution in [2.45, 2.75) is 25.1 Å². The van der Waals surface area contributed by atoms with E-state index >= 15 is 0 Å². The predicted octanol–water partition coefficient (Wildman–Crippen LogP) is 0.776. The largest absolute Gasteiger partial charge is 0.381 e. The molecule has 3 aliphatic heterocycles. The number of ether oxygens (including phenoxy) is 2. The third-order valence-electron chi connectivity index (χ3n) is 6.38. The minimum Gasteiger partial charge on any atom is -0.381 e. The summed E-state index contributed by atoms with van der Waals surface area (Å²) in [5.41, 5.74) is 1.27. The quantitative estimate of drug-likeness (QED) is 0.812. The van der Waals surface area contributed by atoms with Gasteiger partial charge >= 0.3 is 0 Å². The van der Waals surface area contributed by atoms with Gasteiger partial charge in [-0.25, -0.2) is 0 Å². The Balaban J connectivity index is 1.27.